The summed E-state index contributed by atoms with van der Waals surface area (Å²) >= 11 is 0. The van der Waals surface area contributed by atoms with Crippen molar-refractivity contribution in [2.24, 2.45) is 0 Å². The fourth-order valence-electron chi connectivity index (χ4n) is 1.94. The second-order valence-corrected chi connectivity index (χ2v) is 4.36. The van der Waals surface area contributed by atoms with Gasteiger partial charge in [-0.25, -0.2) is 4.39 Å². The fraction of sp³-hybridized carbons (Fsp3) is 0.200. The lowest BCUT2D eigenvalue weighted by molar-refractivity contribution is 0.386. The van der Waals surface area contributed by atoms with Crippen molar-refractivity contribution in [3.8, 4) is 11.8 Å². The average molecular weight is 272 g/mol. The number of benzene rings is 1. The smallest absolute Gasteiger partial charge is 0.268 e. The number of nitrogens with zero attached hydrogens (tertiary/aromatic N) is 2. The highest BCUT2D eigenvalue weighted by atomic mass is 19.1. The molecule has 2 rings (SSSR count). The van der Waals surface area contributed by atoms with Crippen molar-refractivity contribution >= 4 is 0 Å². The zero-order valence-electron chi connectivity index (χ0n) is 11.2. The van der Waals surface area contributed by atoms with Gasteiger partial charge in [0, 0.05) is 5.69 Å². The molecule has 0 aliphatic heterocycles. The molecule has 0 fully saturated rings. The third kappa shape index (κ3) is 2.54. The molecule has 0 saturated heterocycles. The summed E-state index contributed by atoms with van der Waals surface area (Å²) in [5, 5.41) is 8.87. The standard InChI is InChI=1S/C15H13FN2O2/c1-10-3-5-12(8-17)15(19)18(10)9-11-4-6-14(20-2)13(16)7-11/h3-7H,9H2,1-2H3. The monoisotopic (exact) mass is 272 g/mol. The van der Waals surface area contributed by atoms with Crippen LogP contribution < -0.4 is 10.3 Å². The van der Waals surface area contributed by atoms with Crippen molar-refractivity contribution in [3.63, 3.8) is 0 Å². The molecule has 0 bridgehead atoms. The normalized spacial score (nSPS) is 10.1. The summed E-state index contributed by atoms with van der Waals surface area (Å²) in [4.78, 5) is 12.1. The van der Waals surface area contributed by atoms with Gasteiger partial charge >= 0.3 is 0 Å². The van der Waals surface area contributed by atoms with Gasteiger partial charge < -0.3 is 9.30 Å². The molecule has 1 aromatic heterocycles. The number of hydrogen-bond donors (Lipinski definition) is 0. The summed E-state index contributed by atoms with van der Waals surface area (Å²) in [6.07, 6.45) is 0. The van der Waals surface area contributed by atoms with Crippen LogP contribution in [-0.2, 0) is 6.54 Å². The number of rotatable bonds is 3. The van der Waals surface area contributed by atoms with E-state index in [0.717, 1.165) is 0 Å². The Morgan fingerprint density at radius 3 is 2.70 bits per heavy atom. The third-order valence-electron chi connectivity index (χ3n) is 3.07. The van der Waals surface area contributed by atoms with Gasteiger partial charge in [0.15, 0.2) is 11.6 Å². The summed E-state index contributed by atoms with van der Waals surface area (Å²) in [6.45, 7) is 1.98. The lowest BCUT2D eigenvalue weighted by Crippen LogP contribution is -2.24. The zero-order chi connectivity index (χ0) is 14.7. The molecule has 0 unspecified atom stereocenters. The highest BCUT2D eigenvalue weighted by molar-refractivity contribution is 5.31. The van der Waals surface area contributed by atoms with E-state index in [9.17, 15) is 9.18 Å². The van der Waals surface area contributed by atoms with Gasteiger partial charge in [-0.2, -0.15) is 5.26 Å². The topological polar surface area (TPSA) is 55.0 Å². The molecule has 0 radical (unpaired) electrons. The SMILES string of the molecule is COc1ccc(Cn2c(C)ccc(C#N)c2=O)cc1F. The van der Waals surface area contributed by atoms with E-state index in [1.165, 1.54) is 29.9 Å². The van der Waals surface area contributed by atoms with Crippen LogP contribution in [0.5, 0.6) is 5.75 Å². The van der Waals surface area contributed by atoms with Crippen LogP contribution in [0, 0.1) is 24.1 Å². The maximum atomic E-state index is 13.6. The highest BCUT2D eigenvalue weighted by Crippen LogP contribution is 2.18. The average Bonchev–Trinajstić information content (AvgIpc) is 2.44. The number of aryl methyl sites for hydroxylation is 1. The van der Waals surface area contributed by atoms with Gasteiger partial charge in [0.05, 0.1) is 13.7 Å². The van der Waals surface area contributed by atoms with Crippen LogP contribution in [0.2, 0.25) is 0 Å². The van der Waals surface area contributed by atoms with E-state index in [1.807, 2.05) is 6.07 Å². The molecule has 0 aliphatic rings. The van der Waals surface area contributed by atoms with Gasteiger partial charge in [0.1, 0.15) is 11.6 Å². The first-order chi connectivity index (χ1) is 9.56. The quantitative estimate of drug-likeness (QED) is 0.861. The van der Waals surface area contributed by atoms with E-state index in [1.54, 1.807) is 19.1 Å². The second kappa shape index (κ2) is 5.57. The van der Waals surface area contributed by atoms with Crippen molar-refractivity contribution in [1.82, 2.24) is 4.57 Å². The number of aromatic nitrogens is 1. The summed E-state index contributed by atoms with van der Waals surface area (Å²) in [7, 11) is 1.39. The Balaban J connectivity index is 2.43. The Kier molecular flexibility index (Phi) is 3.85. The Morgan fingerprint density at radius 1 is 1.35 bits per heavy atom. The van der Waals surface area contributed by atoms with Crippen LogP contribution >= 0.6 is 0 Å². The molecule has 0 N–H and O–H groups in total. The molecule has 5 heteroatoms. The van der Waals surface area contributed by atoms with Gasteiger partial charge in [-0.05, 0) is 36.8 Å². The maximum absolute atomic E-state index is 13.6. The first-order valence-corrected chi connectivity index (χ1v) is 5.99. The molecule has 0 atom stereocenters. The van der Waals surface area contributed by atoms with E-state index >= 15 is 0 Å². The van der Waals surface area contributed by atoms with Gasteiger partial charge in [-0.15, -0.1) is 0 Å². The molecule has 0 spiro atoms. The number of pyridine rings is 1. The maximum Gasteiger partial charge on any atom is 0.268 e. The van der Waals surface area contributed by atoms with Crippen LogP contribution in [0.3, 0.4) is 0 Å². The number of hydrogen-bond acceptors (Lipinski definition) is 3. The number of nitriles is 1. The van der Waals surface area contributed by atoms with Crippen LogP contribution in [0.4, 0.5) is 4.39 Å². The van der Waals surface area contributed by atoms with Crippen molar-refractivity contribution in [1.29, 1.82) is 5.26 Å². The second-order valence-electron chi connectivity index (χ2n) is 4.36. The zero-order valence-corrected chi connectivity index (χ0v) is 11.2. The Bertz CT molecular complexity index is 745. The summed E-state index contributed by atoms with van der Waals surface area (Å²) < 4.78 is 19.9. The molecular weight excluding hydrogens is 259 g/mol. The van der Waals surface area contributed by atoms with E-state index in [4.69, 9.17) is 10.00 Å². The predicted octanol–water partition coefficient (Wildman–Crippen LogP) is 2.22. The molecule has 0 saturated carbocycles. The van der Waals surface area contributed by atoms with Crippen LogP contribution in [0.15, 0.2) is 35.1 Å². The Hall–Kier alpha value is -2.61. The highest BCUT2D eigenvalue weighted by Gasteiger charge is 2.08. The van der Waals surface area contributed by atoms with Gasteiger partial charge in [0.25, 0.3) is 5.56 Å². The molecule has 2 aromatic rings. The van der Waals surface area contributed by atoms with E-state index in [-0.39, 0.29) is 23.4 Å². The fourth-order valence-corrected chi connectivity index (χ4v) is 1.94. The third-order valence-corrected chi connectivity index (χ3v) is 3.07. The number of ether oxygens (including phenoxy) is 1. The molecule has 102 valence electrons. The van der Waals surface area contributed by atoms with E-state index in [2.05, 4.69) is 0 Å². The predicted molar refractivity (Wildman–Crippen MR) is 72.2 cm³/mol. The van der Waals surface area contributed by atoms with Crippen LogP contribution in [-0.4, -0.2) is 11.7 Å². The molecular formula is C15H13FN2O2. The number of methoxy groups -OCH3 is 1. The minimum absolute atomic E-state index is 0.0737. The molecule has 0 aliphatic carbocycles. The lowest BCUT2D eigenvalue weighted by atomic mass is 10.2. The lowest BCUT2D eigenvalue weighted by Gasteiger charge is -2.11. The van der Waals surface area contributed by atoms with Gasteiger partial charge in [-0.3, -0.25) is 4.79 Å². The summed E-state index contributed by atoms with van der Waals surface area (Å²) in [5.74, 6) is -0.323. The number of halogens is 1. The van der Waals surface area contributed by atoms with E-state index < -0.39 is 5.82 Å². The summed E-state index contributed by atoms with van der Waals surface area (Å²) in [6, 6.07) is 9.56. The van der Waals surface area contributed by atoms with Crippen molar-refractivity contribution in [3.05, 3.63) is 63.3 Å². The largest absolute Gasteiger partial charge is 0.494 e. The first kappa shape index (κ1) is 13.8. The Labute approximate surface area is 115 Å². The van der Waals surface area contributed by atoms with Crippen molar-refractivity contribution in [2.45, 2.75) is 13.5 Å². The molecule has 20 heavy (non-hydrogen) atoms. The molecule has 1 heterocycles. The van der Waals surface area contributed by atoms with Crippen LogP contribution in [0.25, 0.3) is 0 Å². The molecule has 0 amide bonds. The minimum atomic E-state index is -0.480. The van der Waals surface area contributed by atoms with E-state index in [0.29, 0.717) is 11.3 Å². The van der Waals surface area contributed by atoms with Crippen molar-refractivity contribution in [2.75, 3.05) is 7.11 Å². The Morgan fingerprint density at radius 2 is 2.10 bits per heavy atom. The van der Waals surface area contributed by atoms with Gasteiger partial charge in [0.2, 0.25) is 0 Å². The molecule has 4 nitrogen and oxygen atoms in total. The summed E-state index contributed by atoms with van der Waals surface area (Å²) in [5.41, 5.74) is 1.04. The van der Waals surface area contributed by atoms with Crippen LogP contribution in [0.1, 0.15) is 16.8 Å². The van der Waals surface area contributed by atoms with Crippen molar-refractivity contribution < 1.29 is 9.13 Å². The minimum Gasteiger partial charge on any atom is -0.494 e. The van der Waals surface area contributed by atoms with Gasteiger partial charge in [-0.1, -0.05) is 6.07 Å². The molecule has 1 aromatic carbocycles. The first-order valence-electron chi connectivity index (χ1n) is 5.99.